The SMILES string of the molecule is CCOc1ccc(CNC(=O)C(=O)Nc2ccccc2C)cc1. The molecule has 0 atom stereocenters. The van der Waals surface area contributed by atoms with Gasteiger partial charge >= 0.3 is 11.8 Å². The van der Waals surface area contributed by atoms with E-state index in [0.29, 0.717) is 12.3 Å². The van der Waals surface area contributed by atoms with E-state index in [2.05, 4.69) is 10.6 Å². The summed E-state index contributed by atoms with van der Waals surface area (Å²) in [6, 6.07) is 14.7. The first kappa shape index (κ1) is 16.5. The molecule has 2 rings (SSSR count). The first-order valence-corrected chi connectivity index (χ1v) is 7.46. The molecule has 0 bridgehead atoms. The zero-order chi connectivity index (χ0) is 16.7. The predicted octanol–water partition coefficient (Wildman–Crippen LogP) is 2.65. The Morgan fingerprint density at radius 3 is 2.35 bits per heavy atom. The Morgan fingerprint density at radius 1 is 1.00 bits per heavy atom. The van der Waals surface area contributed by atoms with Crippen molar-refractivity contribution >= 4 is 17.5 Å². The minimum atomic E-state index is -0.676. The van der Waals surface area contributed by atoms with Crippen molar-refractivity contribution in [3.05, 3.63) is 59.7 Å². The minimum Gasteiger partial charge on any atom is -0.494 e. The Bertz CT molecular complexity index is 681. The molecule has 0 spiro atoms. The lowest BCUT2D eigenvalue weighted by atomic mass is 10.2. The Hall–Kier alpha value is -2.82. The summed E-state index contributed by atoms with van der Waals surface area (Å²) in [7, 11) is 0. The van der Waals surface area contributed by atoms with Crippen LogP contribution in [-0.4, -0.2) is 18.4 Å². The molecule has 5 heteroatoms. The van der Waals surface area contributed by atoms with Crippen LogP contribution in [0.5, 0.6) is 5.75 Å². The second kappa shape index (κ2) is 7.98. The number of hydrogen-bond donors (Lipinski definition) is 2. The number of aryl methyl sites for hydroxylation is 1. The number of carbonyl (C=O) groups is 2. The van der Waals surface area contributed by atoms with Gasteiger partial charge in [0.05, 0.1) is 6.61 Å². The van der Waals surface area contributed by atoms with Gasteiger partial charge in [0.1, 0.15) is 5.75 Å². The number of ether oxygens (including phenoxy) is 1. The molecule has 0 saturated carbocycles. The van der Waals surface area contributed by atoms with Crippen molar-refractivity contribution in [1.29, 1.82) is 0 Å². The molecule has 0 unspecified atom stereocenters. The summed E-state index contributed by atoms with van der Waals surface area (Å²) in [5.74, 6) is -0.563. The summed E-state index contributed by atoms with van der Waals surface area (Å²) in [5.41, 5.74) is 2.43. The van der Waals surface area contributed by atoms with Crippen LogP contribution in [0.4, 0.5) is 5.69 Å². The van der Waals surface area contributed by atoms with Crippen molar-refractivity contribution < 1.29 is 14.3 Å². The van der Waals surface area contributed by atoms with Crippen LogP contribution in [0.15, 0.2) is 48.5 Å². The summed E-state index contributed by atoms with van der Waals surface area (Å²) >= 11 is 0. The van der Waals surface area contributed by atoms with E-state index >= 15 is 0 Å². The van der Waals surface area contributed by atoms with Crippen molar-refractivity contribution in [2.75, 3.05) is 11.9 Å². The minimum absolute atomic E-state index is 0.284. The van der Waals surface area contributed by atoms with E-state index in [4.69, 9.17) is 4.74 Å². The van der Waals surface area contributed by atoms with Crippen molar-refractivity contribution in [1.82, 2.24) is 5.32 Å². The Balaban J connectivity index is 1.86. The highest BCUT2D eigenvalue weighted by Crippen LogP contribution is 2.13. The monoisotopic (exact) mass is 312 g/mol. The standard InChI is InChI=1S/C18H20N2O3/c1-3-23-15-10-8-14(9-11-15)12-19-17(21)18(22)20-16-7-5-4-6-13(16)2/h4-11H,3,12H2,1-2H3,(H,19,21)(H,20,22). The normalized spacial score (nSPS) is 10.0. The van der Waals surface area contributed by atoms with Crippen molar-refractivity contribution in [2.45, 2.75) is 20.4 Å². The number of amides is 2. The highest BCUT2D eigenvalue weighted by molar-refractivity contribution is 6.39. The van der Waals surface area contributed by atoms with Crippen molar-refractivity contribution in [3.8, 4) is 5.75 Å². The number of nitrogens with one attached hydrogen (secondary N) is 2. The summed E-state index contributed by atoms with van der Waals surface area (Å²) in [4.78, 5) is 23.7. The molecule has 5 nitrogen and oxygen atoms in total. The quantitative estimate of drug-likeness (QED) is 0.834. The average molecular weight is 312 g/mol. The van der Waals surface area contributed by atoms with Gasteiger partial charge in [0.15, 0.2) is 0 Å². The summed E-state index contributed by atoms with van der Waals surface area (Å²) in [6.45, 7) is 4.68. The number of para-hydroxylation sites is 1. The Kier molecular flexibility index (Phi) is 5.74. The van der Waals surface area contributed by atoms with Crippen LogP contribution in [-0.2, 0) is 16.1 Å². The molecular formula is C18H20N2O3. The van der Waals surface area contributed by atoms with E-state index in [1.807, 2.05) is 50.2 Å². The van der Waals surface area contributed by atoms with E-state index in [9.17, 15) is 9.59 Å². The fourth-order valence-electron chi connectivity index (χ4n) is 2.03. The molecule has 23 heavy (non-hydrogen) atoms. The van der Waals surface area contributed by atoms with Crippen LogP contribution < -0.4 is 15.4 Å². The maximum absolute atomic E-state index is 11.9. The lowest BCUT2D eigenvalue weighted by molar-refractivity contribution is -0.136. The van der Waals surface area contributed by atoms with Gasteiger partial charge in [0.25, 0.3) is 0 Å². The van der Waals surface area contributed by atoms with E-state index in [1.54, 1.807) is 12.1 Å². The lowest BCUT2D eigenvalue weighted by Gasteiger charge is -2.09. The van der Waals surface area contributed by atoms with Gasteiger partial charge in [-0.1, -0.05) is 30.3 Å². The van der Waals surface area contributed by atoms with E-state index in [0.717, 1.165) is 16.9 Å². The third kappa shape index (κ3) is 4.85. The summed E-state index contributed by atoms with van der Waals surface area (Å²) in [5, 5.41) is 5.20. The number of anilines is 1. The molecule has 0 radical (unpaired) electrons. The number of carbonyl (C=O) groups excluding carboxylic acids is 2. The van der Waals surface area contributed by atoms with Crippen LogP contribution in [0, 0.1) is 6.92 Å². The van der Waals surface area contributed by atoms with Crippen LogP contribution in [0.3, 0.4) is 0 Å². The van der Waals surface area contributed by atoms with Gasteiger partial charge in [-0.3, -0.25) is 9.59 Å². The first-order chi connectivity index (χ1) is 11.1. The molecule has 0 saturated heterocycles. The number of hydrogen-bond acceptors (Lipinski definition) is 3. The maximum atomic E-state index is 11.9. The topological polar surface area (TPSA) is 67.4 Å². The predicted molar refractivity (Wildman–Crippen MR) is 89.3 cm³/mol. The van der Waals surface area contributed by atoms with Gasteiger partial charge in [-0.05, 0) is 43.2 Å². The third-order valence-corrected chi connectivity index (χ3v) is 3.29. The summed E-state index contributed by atoms with van der Waals surface area (Å²) in [6.07, 6.45) is 0. The third-order valence-electron chi connectivity index (χ3n) is 3.29. The molecule has 0 heterocycles. The number of rotatable bonds is 5. The van der Waals surface area contributed by atoms with Gasteiger partial charge in [-0.2, -0.15) is 0 Å². The van der Waals surface area contributed by atoms with Gasteiger partial charge in [0, 0.05) is 12.2 Å². The second-order valence-electron chi connectivity index (χ2n) is 5.03. The van der Waals surface area contributed by atoms with Gasteiger partial charge in [-0.15, -0.1) is 0 Å². The molecule has 120 valence electrons. The average Bonchev–Trinajstić information content (AvgIpc) is 2.56. The molecule has 2 amide bonds. The van der Waals surface area contributed by atoms with E-state index in [1.165, 1.54) is 0 Å². The zero-order valence-corrected chi connectivity index (χ0v) is 13.3. The molecule has 2 N–H and O–H groups in total. The van der Waals surface area contributed by atoms with Crippen LogP contribution in [0.1, 0.15) is 18.1 Å². The van der Waals surface area contributed by atoms with Gasteiger partial charge in [-0.25, -0.2) is 0 Å². The first-order valence-electron chi connectivity index (χ1n) is 7.46. The molecule has 0 aliphatic heterocycles. The summed E-state index contributed by atoms with van der Waals surface area (Å²) < 4.78 is 5.35. The smallest absolute Gasteiger partial charge is 0.313 e. The van der Waals surface area contributed by atoms with Gasteiger partial charge < -0.3 is 15.4 Å². The molecular weight excluding hydrogens is 292 g/mol. The maximum Gasteiger partial charge on any atom is 0.313 e. The molecule has 2 aromatic rings. The fraction of sp³-hybridized carbons (Fsp3) is 0.222. The molecule has 0 fully saturated rings. The van der Waals surface area contributed by atoms with Crippen LogP contribution >= 0.6 is 0 Å². The molecule has 0 aliphatic rings. The molecule has 0 aromatic heterocycles. The van der Waals surface area contributed by atoms with Crippen LogP contribution in [0.2, 0.25) is 0 Å². The van der Waals surface area contributed by atoms with Crippen molar-refractivity contribution in [3.63, 3.8) is 0 Å². The van der Waals surface area contributed by atoms with Crippen LogP contribution in [0.25, 0.3) is 0 Å². The molecule has 0 aliphatic carbocycles. The van der Waals surface area contributed by atoms with E-state index < -0.39 is 11.8 Å². The largest absolute Gasteiger partial charge is 0.494 e. The highest BCUT2D eigenvalue weighted by atomic mass is 16.5. The zero-order valence-electron chi connectivity index (χ0n) is 13.3. The number of benzene rings is 2. The van der Waals surface area contributed by atoms with E-state index in [-0.39, 0.29) is 6.54 Å². The Labute approximate surface area is 135 Å². The lowest BCUT2D eigenvalue weighted by Crippen LogP contribution is -2.35. The molecule has 2 aromatic carbocycles. The van der Waals surface area contributed by atoms with Gasteiger partial charge in [0.2, 0.25) is 0 Å². The fourth-order valence-corrected chi connectivity index (χ4v) is 2.03. The highest BCUT2D eigenvalue weighted by Gasteiger charge is 2.14. The Morgan fingerprint density at radius 2 is 1.70 bits per heavy atom. The van der Waals surface area contributed by atoms with Crippen molar-refractivity contribution in [2.24, 2.45) is 0 Å². The second-order valence-corrected chi connectivity index (χ2v) is 5.03.